The first kappa shape index (κ1) is 16.7. The minimum Gasteiger partial charge on any atom is -0.468 e. The molecule has 0 unspecified atom stereocenters. The molecule has 2 aromatic rings. The van der Waals surface area contributed by atoms with Crippen LogP contribution >= 0.6 is 15.9 Å². The molecule has 0 radical (unpaired) electrons. The van der Waals surface area contributed by atoms with E-state index in [0.29, 0.717) is 0 Å². The van der Waals surface area contributed by atoms with Gasteiger partial charge in [-0.15, -0.1) is 0 Å². The average Bonchev–Trinajstić information content (AvgIpc) is 2.53. The zero-order valence-electron chi connectivity index (χ0n) is 11.7. The van der Waals surface area contributed by atoms with E-state index in [9.17, 15) is 13.2 Å². The summed E-state index contributed by atoms with van der Waals surface area (Å²) in [4.78, 5) is 11.1. The molecular formula is C15H14BrNO4S. The second-order valence-corrected chi connectivity index (χ2v) is 7.11. The van der Waals surface area contributed by atoms with Crippen LogP contribution < -0.4 is 4.72 Å². The molecule has 0 heterocycles. The van der Waals surface area contributed by atoms with Gasteiger partial charge in [-0.3, -0.25) is 4.79 Å². The number of carbonyl (C=O) groups excluding carboxylic acids is 1. The molecule has 22 heavy (non-hydrogen) atoms. The molecule has 2 aromatic carbocycles. The Morgan fingerprint density at radius 3 is 2.05 bits per heavy atom. The van der Waals surface area contributed by atoms with Crippen LogP contribution in [-0.2, 0) is 19.6 Å². The summed E-state index contributed by atoms with van der Waals surface area (Å²) >= 11 is 3.37. The molecule has 0 fully saturated rings. The van der Waals surface area contributed by atoms with Gasteiger partial charge in [-0.05, 0) is 35.4 Å². The van der Waals surface area contributed by atoms with Crippen molar-refractivity contribution in [2.24, 2.45) is 0 Å². The molecule has 7 heteroatoms. The van der Waals surface area contributed by atoms with Crippen LogP contribution in [0, 0.1) is 0 Å². The van der Waals surface area contributed by atoms with Crippen molar-refractivity contribution in [1.29, 1.82) is 0 Å². The largest absolute Gasteiger partial charge is 0.468 e. The molecule has 0 aliphatic carbocycles. The fourth-order valence-corrected chi connectivity index (χ4v) is 3.01. The van der Waals surface area contributed by atoms with E-state index in [2.05, 4.69) is 25.4 Å². The summed E-state index contributed by atoms with van der Waals surface area (Å²) in [6.07, 6.45) is 0. The van der Waals surface area contributed by atoms with Crippen LogP contribution in [-0.4, -0.2) is 28.0 Å². The predicted molar refractivity (Wildman–Crippen MR) is 86.8 cm³/mol. The number of carbonyl (C=O) groups is 1. The molecule has 0 amide bonds. The minimum atomic E-state index is -3.73. The molecule has 0 saturated carbocycles. The molecule has 0 bridgehead atoms. The highest BCUT2D eigenvalue weighted by atomic mass is 79.9. The number of sulfonamides is 1. The van der Waals surface area contributed by atoms with Crippen LogP contribution in [0.25, 0.3) is 11.1 Å². The molecule has 2 rings (SSSR count). The second-order valence-electron chi connectivity index (χ2n) is 4.43. The fourth-order valence-electron chi connectivity index (χ4n) is 1.78. The molecular weight excluding hydrogens is 370 g/mol. The molecule has 0 aliphatic rings. The summed E-state index contributed by atoms with van der Waals surface area (Å²) in [5.74, 6) is -0.643. The normalized spacial score (nSPS) is 11.2. The Morgan fingerprint density at radius 1 is 1.05 bits per heavy atom. The van der Waals surface area contributed by atoms with Crippen LogP contribution in [0.2, 0.25) is 0 Å². The van der Waals surface area contributed by atoms with E-state index < -0.39 is 22.5 Å². The lowest BCUT2D eigenvalue weighted by Crippen LogP contribution is -2.30. The summed E-state index contributed by atoms with van der Waals surface area (Å²) in [7, 11) is -2.53. The van der Waals surface area contributed by atoms with Crippen molar-refractivity contribution in [2.45, 2.75) is 4.90 Å². The Labute approximate surface area is 137 Å². The van der Waals surface area contributed by atoms with Gasteiger partial charge >= 0.3 is 5.97 Å². The van der Waals surface area contributed by atoms with E-state index in [1.54, 1.807) is 12.1 Å². The maximum atomic E-state index is 12.0. The first-order valence-corrected chi connectivity index (χ1v) is 8.62. The highest BCUT2D eigenvalue weighted by Gasteiger charge is 2.15. The Kier molecular flexibility index (Phi) is 5.33. The molecule has 0 saturated heterocycles. The lowest BCUT2D eigenvalue weighted by Gasteiger charge is -2.07. The quantitative estimate of drug-likeness (QED) is 0.805. The highest BCUT2D eigenvalue weighted by Crippen LogP contribution is 2.23. The van der Waals surface area contributed by atoms with E-state index in [0.717, 1.165) is 15.6 Å². The van der Waals surface area contributed by atoms with Gasteiger partial charge < -0.3 is 4.74 Å². The fraction of sp³-hybridized carbons (Fsp3) is 0.133. The summed E-state index contributed by atoms with van der Waals surface area (Å²) in [5, 5.41) is 0. The maximum absolute atomic E-state index is 12.0. The predicted octanol–water partition coefficient (Wildman–Crippen LogP) is 2.57. The molecule has 0 aliphatic heterocycles. The maximum Gasteiger partial charge on any atom is 0.320 e. The van der Waals surface area contributed by atoms with Crippen molar-refractivity contribution >= 4 is 31.9 Å². The number of benzene rings is 2. The van der Waals surface area contributed by atoms with Crippen molar-refractivity contribution < 1.29 is 17.9 Å². The Hall–Kier alpha value is -1.70. The van der Waals surface area contributed by atoms with Gasteiger partial charge in [-0.25, -0.2) is 8.42 Å². The topological polar surface area (TPSA) is 72.5 Å². The lowest BCUT2D eigenvalue weighted by molar-refractivity contribution is -0.139. The first-order valence-electron chi connectivity index (χ1n) is 6.35. The van der Waals surface area contributed by atoms with E-state index in [1.807, 2.05) is 24.3 Å². The van der Waals surface area contributed by atoms with Gasteiger partial charge in [0.25, 0.3) is 0 Å². The summed E-state index contributed by atoms with van der Waals surface area (Å²) < 4.78 is 31.6. The number of rotatable bonds is 5. The minimum absolute atomic E-state index is 0.0947. The number of hydrogen-bond acceptors (Lipinski definition) is 4. The number of methoxy groups -OCH3 is 1. The van der Waals surface area contributed by atoms with Crippen LogP contribution in [0.1, 0.15) is 0 Å². The summed E-state index contributed by atoms with van der Waals surface area (Å²) in [5.41, 5.74) is 1.88. The average molecular weight is 384 g/mol. The third kappa shape index (κ3) is 4.16. The van der Waals surface area contributed by atoms with Gasteiger partial charge in [0.1, 0.15) is 6.54 Å². The Balaban J connectivity index is 2.17. The second kappa shape index (κ2) is 7.04. The monoisotopic (exact) mass is 383 g/mol. The Bertz CT molecular complexity index is 755. The van der Waals surface area contributed by atoms with E-state index in [1.165, 1.54) is 19.2 Å². The number of esters is 1. The van der Waals surface area contributed by atoms with Crippen molar-refractivity contribution in [3.63, 3.8) is 0 Å². The van der Waals surface area contributed by atoms with Gasteiger partial charge in [0.2, 0.25) is 10.0 Å². The molecule has 0 spiro atoms. The molecule has 5 nitrogen and oxygen atoms in total. The van der Waals surface area contributed by atoms with E-state index in [-0.39, 0.29) is 4.90 Å². The number of nitrogens with one attached hydrogen (secondary N) is 1. The van der Waals surface area contributed by atoms with Crippen LogP contribution in [0.5, 0.6) is 0 Å². The SMILES string of the molecule is COC(=O)CNS(=O)(=O)c1ccc(-c2ccc(Br)cc2)cc1. The van der Waals surface area contributed by atoms with Crippen molar-refractivity contribution in [3.8, 4) is 11.1 Å². The Morgan fingerprint density at radius 2 is 1.55 bits per heavy atom. The van der Waals surface area contributed by atoms with E-state index >= 15 is 0 Å². The first-order chi connectivity index (χ1) is 10.4. The smallest absolute Gasteiger partial charge is 0.320 e. The van der Waals surface area contributed by atoms with Gasteiger partial charge in [0, 0.05) is 4.47 Å². The van der Waals surface area contributed by atoms with Crippen molar-refractivity contribution in [2.75, 3.05) is 13.7 Å². The molecule has 1 N–H and O–H groups in total. The third-order valence-corrected chi connectivity index (χ3v) is 4.92. The standard InChI is InChI=1S/C15H14BrNO4S/c1-21-15(18)10-17-22(19,20)14-8-4-12(5-9-14)11-2-6-13(16)7-3-11/h2-9,17H,10H2,1H3. The highest BCUT2D eigenvalue weighted by molar-refractivity contribution is 9.10. The van der Waals surface area contributed by atoms with Crippen molar-refractivity contribution in [3.05, 3.63) is 53.0 Å². The lowest BCUT2D eigenvalue weighted by atomic mass is 10.1. The van der Waals surface area contributed by atoms with E-state index in [4.69, 9.17) is 0 Å². The number of hydrogen-bond donors (Lipinski definition) is 1. The summed E-state index contributed by atoms with van der Waals surface area (Å²) in [6.45, 7) is -0.396. The molecule has 0 aromatic heterocycles. The van der Waals surface area contributed by atoms with Crippen LogP contribution in [0.15, 0.2) is 57.9 Å². The molecule has 0 atom stereocenters. The van der Waals surface area contributed by atoms with Gasteiger partial charge in [0.15, 0.2) is 0 Å². The zero-order valence-corrected chi connectivity index (χ0v) is 14.1. The number of halogens is 1. The molecule has 116 valence electrons. The van der Waals surface area contributed by atoms with Crippen LogP contribution in [0.4, 0.5) is 0 Å². The van der Waals surface area contributed by atoms with Gasteiger partial charge in [-0.1, -0.05) is 40.2 Å². The number of ether oxygens (including phenoxy) is 1. The zero-order chi connectivity index (χ0) is 16.2. The van der Waals surface area contributed by atoms with Crippen LogP contribution in [0.3, 0.4) is 0 Å². The third-order valence-electron chi connectivity index (χ3n) is 2.98. The van der Waals surface area contributed by atoms with Crippen molar-refractivity contribution in [1.82, 2.24) is 4.72 Å². The summed E-state index contributed by atoms with van der Waals surface area (Å²) in [6, 6.07) is 14.1. The van der Waals surface area contributed by atoms with Gasteiger partial charge in [0.05, 0.1) is 12.0 Å². The van der Waals surface area contributed by atoms with Gasteiger partial charge in [-0.2, -0.15) is 4.72 Å².